The molecule has 0 aliphatic carbocycles. The minimum absolute atomic E-state index is 0.00512. The molecule has 0 amide bonds. The molecule has 0 saturated carbocycles. The summed E-state index contributed by atoms with van der Waals surface area (Å²) in [5.74, 6) is 1.32. The van der Waals surface area contributed by atoms with Crippen LogP contribution in [0.25, 0.3) is 21.3 Å². The number of aliphatic hydroxyl groups is 1. The Labute approximate surface area is 153 Å². The molecule has 0 aliphatic heterocycles. The Balaban J connectivity index is 2.12. The minimum atomic E-state index is -0.00512. The van der Waals surface area contributed by atoms with Gasteiger partial charge in [0.2, 0.25) is 0 Å². The number of rotatable bonds is 6. The molecule has 1 atom stereocenters. The number of aliphatic hydroxyl groups excluding tert-OH is 1. The van der Waals surface area contributed by atoms with E-state index in [-0.39, 0.29) is 12.6 Å². The van der Waals surface area contributed by atoms with Crippen LogP contribution in [0.4, 0.5) is 5.82 Å². The fourth-order valence-electron chi connectivity index (χ4n) is 3.01. The first-order valence-corrected chi connectivity index (χ1v) is 9.58. The van der Waals surface area contributed by atoms with E-state index < -0.39 is 0 Å². The van der Waals surface area contributed by atoms with E-state index in [4.69, 9.17) is 0 Å². The molecule has 2 heterocycles. The Morgan fingerprint density at radius 3 is 2.48 bits per heavy atom. The van der Waals surface area contributed by atoms with Crippen LogP contribution >= 0.6 is 11.3 Å². The molecule has 2 N–H and O–H groups in total. The number of hydrogen-bond donors (Lipinski definition) is 2. The van der Waals surface area contributed by atoms with Crippen molar-refractivity contribution in [2.45, 2.75) is 46.1 Å². The maximum Gasteiger partial charge on any atom is 0.139 e. The maximum atomic E-state index is 9.53. The molecule has 0 aliphatic rings. The number of nitrogens with one attached hydrogen (secondary N) is 1. The third-order valence-electron chi connectivity index (χ3n) is 4.58. The number of aryl methyl sites for hydroxylation is 1. The summed E-state index contributed by atoms with van der Waals surface area (Å²) < 4.78 is 0. The van der Waals surface area contributed by atoms with Gasteiger partial charge in [0.25, 0.3) is 0 Å². The molecule has 0 saturated heterocycles. The zero-order chi connectivity index (χ0) is 18.0. The van der Waals surface area contributed by atoms with Crippen LogP contribution in [0.5, 0.6) is 0 Å². The lowest BCUT2D eigenvalue weighted by Gasteiger charge is -2.16. The van der Waals surface area contributed by atoms with Gasteiger partial charge in [0, 0.05) is 10.4 Å². The largest absolute Gasteiger partial charge is 0.394 e. The van der Waals surface area contributed by atoms with Gasteiger partial charge in [-0.25, -0.2) is 9.97 Å². The summed E-state index contributed by atoms with van der Waals surface area (Å²) in [6.45, 7) is 8.68. The molecule has 1 unspecified atom stereocenters. The van der Waals surface area contributed by atoms with Crippen LogP contribution in [0.2, 0.25) is 0 Å². The van der Waals surface area contributed by atoms with Crippen LogP contribution in [0.3, 0.4) is 0 Å². The van der Waals surface area contributed by atoms with E-state index in [1.54, 1.807) is 17.7 Å². The molecule has 5 heteroatoms. The average Bonchev–Trinajstić information content (AvgIpc) is 2.96. The zero-order valence-electron chi connectivity index (χ0n) is 15.2. The third-order valence-corrected chi connectivity index (χ3v) is 5.60. The predicted molar refractivity (Wildman–Crippen MR) is 106 cm³/mol. The Morgan fingerprint density at radius 2 is 1.88 bits per heavy atom. The molecule has 0 spiro atoms. The summed E-state index contributed by atoms with van der Waals surface area (Å²) in [7, 11) is 0. The van der Waals surface area contributed by atoms with Crippen LogP contribution in [-0.2, 0) is 0 Å². The summed E-state index contributed by atoms with van der Waals surface area (Å²) >= 11 is 1.69. The number of aromatic nitrogens is 2. The Kier molecular flexibility index (Phi) is 5.35. The van der Waals surface area contributed by atoms with E-state index in [0.29, 0.717) is 5.92 Å². The van der Waals surface area contributed by atoms with Crippen LogP contribution in [0.1, 0.15) is 43.6 Å². The molecule has 0 bridgehead atoms. The van der Waals surface area contributed by atoms with Crippen molar-refractivity contribution in [1.82, 2.24) is 9.97 Å². The molecule has 0 radical (unpaired) electrons. The van der Waals surface area contributed by atoms with Gasteiger partial charge in [-0.2, -0.15) is 0 Å². The van der Waals surface area contributed by atoms with Crippen LogP contribution in [-0.4, -0.2) is 27.7 Å². The molecule has 3 aromatic rings. The Hall–Kier alpha value is -1.98. The summed E-state index contributed by atoms with van der Waals surface area (Å²) in [4.78, 5) is 11.1. The molecule has 2 aromatic heterocycles. The van der Waals surface area contributed by atoms with Gasteiger partial charge in [0.15, 0.2) is 0 Å². The van der Waals surface area contributed by atoms with Gasteiger partial charge in [-0.1, -0.05) is 45.0 Å². The molecule has 1 aromatic carbocycles. The second-order valence-corrected chi connectivity index (χ2v) is 7.85. The molecule has 25 heavy (non-hydrogen) atoms. The first kappa shape index (κ1) is 17.8. The highest BCUT2D eigenvalue weighted by Gasteiger charge is 2.18. The molecule has 4 nitrogen and oxygen atoms in total. The first-order valence-electron chi connectivity index (χ1n) is 8.77. The third kappa shape index (κ3) is 3.53. The van der Waals surface area contributed by atoms with Gasteiger partial charge in [-0.15, -0.1) is 11.3 Å². The van der Waals surface area contributed by atoms with Crippen molar-refractivity contribution in [1.29, 1.82) is 0 Å². The van der Waals surface area contributed by atoms with Crippen LogP contribution < -0.4 is 5.32 Å². The van der Waals surface area contributed by atoms with Gasteiger partial charge in [-0.05, 0) is 30.4 Å². The van der Waals surface area contributed by atoms with E-state index in [0.717, 1.165) is 22.5 Å². The summed E-state index contributed by atoms with van der Waals surface area (Å²) in [5.41, 5.74) is 3.70. The Morgan fingerprint density at radius 1 is 1.16 bits per heavy atom. The predicted octanol–water partition coefficient (Wildman–Crippen LogP) is 4.97. The van der Waals surface area contributed by atoms with Crippen molar-refractivity contribution in [3.8, 4) is 11.1 Å². The van der Waals surface area contributed by atoms with Crippen LogP contribution in [0, 0.1) is 6.92 Å². The number of benzene rings is 1. The van der Waals surface area contributed by atoms with E-state index in [2.05, 4.69) is 67.2 Å². The normalized spacial score (nSPS) is 12.7. The fourth-order valence-corrected chi connectivity index (χ4v) is 4.02. The SMILES string of the molecule is CCC(CO)Nc1ncnc2sc(C)c(-c3ccc(C(C)C)cc3)c12. The van der Waals surface area contributed by atoms with Gasteiger partial charge in [-0.3, -0.25) is 0 Å². The average molecular weight is 356 g/mol. The van der Waals surface area contributed by atoms with Crippen molar-refractivity contribution in [2.75, 3.05) is 11.9 Å². The van der Waals surface area contributed by atoms with Crippen molar-refractivity contribution < 1.29 is 5.11 Å². The molecule has 3 rings (SSSR count). The number of hydrogen-bond acceptors (Lipinski definition) is 5. The lowest BCUT2D eigenvalue weighted by Crippen LogP contribution is -2.23. The second kappa shape index (κ2) is 7.50. The summed E-state index contributed by atoms with van der Waals surface area (Å²) in [6.07, 6.45) is 2.43. The highest BCUT2D eigenvalue weighted by Crippen LogP contribution is 2.40. The number of nitrogens with zero attached hydrogens (tertiary/aromatic N) is 2. The lowest BCUT2D eigenvalue weighted by atomic mass is 9.98. The molecular weight excluding hydrogens is 330 g/mol. The fraction of sp³-hybridized carbons (Fsp3) is 0.400. The van der Waals surface area contributed by atoms with Gasteiger partial charge < -0.3 is 10.4 Å². The minimum Gasteiger partial charge on any atom is -0.394 e. The summed E-state index contributed by atoms with van der Waals surface area (Å²) in [5, 5.41) is 14.0. The summed E-state index contributed by atoms with van der Waals surface area (Å²) in [6, 6.07) is 8.76. The zero-order valence-corrected chi connectivity index (χ0v) is 16.0. The number of anilines is 1. The van der Waals surface area contributed by atoms with Crippen molar-refractivity contribution >= 4 is 27.4 Å². The number of thiophene rings is 1. The highest BCUT2D eigenvalue weighted by atomic mass is 32.1. The number of fused-ring (bicyclic) bond motifs is 1. The van der Waals surface area contributed by atoms with E-state index in [1.807, 2.05) is 0 Å². The van der Waals surface area contributed by atoms with E-state index in [1.165, 1.54) is 21.6 Å². The first-order chi connectivity index (χ1) is 12.0. The van der Waals surface area contributed by atoms with Gasteiger partial charge in [0.1, 0.15) is 17.0 Å². The topological polar surface area (TPSA) is 58.0 Å². The smallest absolute Gasteiger partial charge is 0.139 e. The van der Waals surface area contributed by atoms with Crippen molar-refractivity contribution in [2.24, 2.45) is 0 Å². The highest BCUT2D eigenvalue weighted by molar-refractivity contribution is 7.19. The maximum absolute atomic E-state index is 9.53. The van der Waals surface area contributed by atoms with Crippen molar-refractivity contribution in [3.05, 3.63) is 41.0 Å². The Bertz CT molecular complexity index is 851. The quantitative estimate of drug-likeness (QED) is 0.655. The van der Waals surface area contributed by atoms with Crippen molar-refractivity contribution in [3.63, 3.8) is 0 Å². The van der Waals surface area contributed by atoms with Gasteiger partial charge in [0.05, 0.1) is 18.0 Å². The van der Waals surface area contributed by atoms with Crippen LogP contribution in [0.15, 0.2) is 30.6 Å². The van der Waals surface area contributed by atoms with Gasteiger partial charge >= 0.3 is 0 Å². The monoisotopic (exact) mass is 355 g/mol. The standard InChI is InChI=1S/C20H25N3OS/c1-5-16(10-24)23-19-18-17(13(4)25-20(18)22-11-21-19)15-8-6-14(7-9-15)12(2)3/h6-9,11-12,16,24H,5,10H2,1-4H3,(H,21,22,23). The molecule has 0 fully saturated rings. The van der Waals surface area contributed by atoms with E-state index >= 15 is 0 Å². The van der Waals surface area contributed by atoms with E-state index in [9.17, 15) is 5.11 Å². The lowest BCUT2D eigenvalue weighted by molar-refractivity contribution is 0.271. The molecular formula is C20H25N3OS. The molecule has 132 valence electrons. The second-order valence-electron chi connectivity index (χ2n) is 6.64.